The average molecular weight is 440 g/mol. The number of rotatable bonds is 6. The Labute approximate surface area is 182 Å². The van der Waals surface area contributed by atoms with Crippen LogP contribution in [0.25, 0.3) is 10.2 Å². The second-order valence-corrected chi connectivity index (χ2v) is 9.67. The van der Waals surface area contributed by atoms with Crippen molar-refractivity contribution in [2.45, 2.75) is 39.0 Å². The molecular formula is C22H21N3O3S2. The van der Waals surface area contributed by atoms with Crippen LogP contribution in [0.5, 0.6) is 0 Å². The Kier molecular flexibility index (Phi) is 6.11. The van der Waals surface area contributed by atoms with Crippen LogP contribution in [0, 0.1) is 17.2 Å². The standard InChI is InChI=1S/C22H21N3O3S2/c1-13-6-7-14-15(11-23)22(30-18(14)10-13)25-19(26)12-28-21(27)9-8-20-24-16-4-2-3-5-17(16)29-20/h2-5,13H,6-10,12H2,1H3,(H,25,26). The molecule has 2 heterocycles. The van der Waals surface area contributed by atoms with Crippen LogP contribution in [0.4, 0.5) is 5.00 Å². The van der Waals surface area contributed by atoms with Gasteiger partial charge < -0.3 is 10.1 Å². The van der Waals surface area contributed by atoms with Gasteiger partial charge >= 0.3 is 5.97 Å². The van der Waals surface area contributed by atoms with Gasteiger partial charge in [0.05, 0.1) is 27.2 Å². The first-order valence-electron chi connectivity index (χ1n) is 9.88. The Hall–Kier alpha value is -2.76. The molecule has 0 bridgehead atoms. The number of nitrogens with zero attached hydrogens (tertiary/aromatic N) is 2. The summed E-state index contributed by atoms with van der Waals surface area (Å²) in [5, 5.41) is 13.7. The molecule has 8 heteroatoms. The zero-order valence-electron chi connectivity index (χ0n) is 16.6. The third-order valence-electron chi connectivity index (χ3n) is 5.12. The molecule has 1 aliphatic rings. The van der Waals surface area contributed by atoms with Crippen LogP contribution < -0.4 is 5.32 Å². The summed E-state index contributed by atoms with van der Waals surface area (Å²) in [6.45, 7) is 1.84. The molecule has 6 nitrogen and oxygen atoms in total. The monoisotopic (exact) mass is 439 g/mol. The van der Waals surface area contributed by atoms with Gasteiger partial charge in [-0.3, -0.25) is 9.59 Å². The van der Waals surface area contributed by atoms with Gasteiger partial charge in [0.25, 0.3) is 5.91 Å². The second-order valence-electron chi connectivity index (χ2n) is 7.45. The van der Waals surface area contributed by atoms with Crippen molar-refractivity contribution >= 4 is 49.8 Å². The largest absolute Gasteiger partial charge is 0.456 e. The molecule has 1 unspecified atom stereocenters. The maximum absolute atomic E-state index is 12.3. The summed E-state index contributed by atoms with van der Waals surface area (Å²) in [7, 11) is 0. The topological polar surface area (TPSA) is 92.1 Å². The number of aromatic nitrogens is 1. The lowest BCUT2D eigenvalue weighted by molar-refractivity contribution is -0.147. The van der Waals surface area contributed by atoms with E-state index in [0.717, 1.165) is 40.1 Å². The quantitative estimate of drug-likeness (QED) is 0.572. The fraction of sp³-hybridized carbons (Fsp3) is 0.364. The van der Waals surface area contributed by atoms with Crippen LogP contribution in [0.1, 0.15) is 40.8 Å². The maximum atomic E-state index is 12.3. The van der Waals surface area contributed by atoms with Crippen molar-refractivity contribution in [3.8, 4) is 6.07 Å². The summed E-state index contributed by atoms with van der Waals surface area (Å²) in [6, 6.07) is 10.0. The minimum Gasteiger partial charge on any atom is -0.456 e. The van der Waals surface area contributed by atoms with E-state index >= 15 is 0 Å². The van der Waals surface area contributed by atoms with Crippen molar-refractivity contribution in [3.05, 3.63) is 45.3 Å². The number of amides is 1. The van der Waals surface area contributed by atoms with Crippen LogP contribution in [0.15, 0.2) is 24.3 Å². The van der Waals surface area contributed by atoms with Crippen molar-refractivity contribution in [3.63, 3.8) is 0 Å². The number of hydrogen-bond donors (Lipinski definition) is 1. The lowest BCUT2D eigenvalue weighted by Gasteiger charge is -2.17. The molecule has 0 radical (unpaired) electrons. The fourth-order valence-corrected chi connectivity index (χ4v) is 5.92. The first-order valence-corrected chi connectivity index (χ1v) is 11.5. The Morgan fingerprint density at radius 1 is 1.33 bits per heavy atom. The summed E-state index contributed by atoms with van der Waals surface area (Å²) < 4.78 is 6.20. The van der Waals surface area contributed by atoms with Gasteiger partial charge in [-0.2, -0.15) is 5.26 Å². The van der Waals surface area contributed by atoms with Crippen molar-refractivity contribution in [2.24, 2.45) is 5.92 Å². The zero-order valence-corrected chi connectivity index (χ0v) is 18.2. The molecule has 0 fully saturated rings. The van der Waals surface area contributed by atoms with E-state index in [9.17, 15) is 14.9 Å². The Morgan fingerprint density at radius 2 is 2.17 bits per heavy atom. The molecule has 0 saturated carbocycles. The maximum Gasteiger partial charge on any atom is 0.306 e. The van der Waals surface area contributed by atoms with Gasteiger partial charge in [0.1, 0.15) is 11.1 Å². The minimum atomic E-state index is -0.441. The third kappa shape index (κ3) is 4.53. The number of nitrogens with one attached hydrogen (secondary N) is 1. The van der Waals surface area contributed by atoms with Crippen LogP contribution in [0.3, 0.4) is 0 Å². The smallest absolute Gasteiger partial charge is 0.306 e. The summed E-state index contributed by atoms with van der Waals surface area (Å²) >= 11 is 3.02. The van der Waals surface area contributed by atoms with Gasteiger partial charge in [0, 0.05) is 11.3 Å². The third-order valence-corrected chi connectivity index (χ3v) is 7.39. The molecule has 0 spiro atoms. The molecule has 2 aromatic heterocycles. The molecule has 154 valence electrons. The number of benzene rings is 1. The predicted octanol–water partition coefficient (Wildman–Crippen LogP) is 4.47. The van der Waals surface area contributed by atoms with Gasteiger partial charge in [0.15, 0.2) is 6.61 Å². The molecule has 30 heavy (non-hydrogen) atoms. The van der Waals surface area contributed by atoms with E-state index < -0.39 is 11.9 Å². The number of hydrogen-bond acceptors (Lipinski definition) is 7. The van der Waals surface area contributed by atoms with Crippen LogP contribution in [-0.4, -0.2) is 23.5 Å². The number of carbonyl (C=O) groups is 2. The number of para-hydroxylation sites is 1. The van der Waals surface area contributed by atoms with Crippen molar-refractivity contribution in [2.75, 3.05) is 11.9 Å². The number of thiophene rings is 1. The molecule has 1 aliphatic carbocycles. The summed E-state index contributed by atoms with van der Waals surface area (Å²) in [4.78, 5) is 30.0. The predicted molar refractivity (Wildman–Crippen MR) is 118 cm³/mol. The lowest BCUT2D eigenvalue weighted by atomic mass is 9.89. The highest BCUT2D eigenvalue weighted by Crippen LogP contribution is 2.39. The summed E-state index contributed by atoms with van der Waals surface area (Å²) in [6.07, 6.45) is 3.51. The van der Waals surface area contributed by atoms with Gasteiger partial charge in [-0.15, -0.1) is 22.7 Å². The number of esters is 1. The molecular weight excluding hydrogens is 418 g/mol. The number of thiazole rings is 1. The zero-order chi connectivity index (χ0) is 21.1. The second kappa shape index (κ2) is 8.94. The molecule has 0 aliphatic heterocycles. The highest BCUT2D eigenvalue weighted by atomic mass is 32.1. The summed E-state index contributed by atoms with van der Waals surface area (Å²) in [5.74, 6) is -0.279. The van der Waals surface area contributed by atoms with E-state index in [1.165, 1.54) is 16.2 Å². The number of aryl methyl sites for hydroxylation is 1. The van der Waals surface area contributed by atoms with Crippen molar-refractivity contribution in [1.29, 1.82) is 5.26 Å². The highest BCUT2D eigenvalue weighted by molar-refractivity contribution is 7.18. The SMILES string of the molecule is CC1CCc2c(sc(NC(=O)COC(=O)CCc3nc4ccccc4s3)c2C#N)C1. The number of ether oxygens (including phenoxy) is 1. The van der Waals surface area contributed by atoms with Crippen molar-refractivity contribution < 1.29 is 14.3 Å². The number of carbonyl (C=O) groups excluding carboxylic acids is 2. The lowest BCUT2D eigenvalue weighted by Crippen LogP contribution is -2.21. The number of anilines is 1. The number of nitriles is 1. The summed E-state index contributed by atoms with van der Waals surface area (Å²) in [5.41, 5.74) is 2.53. The molecule has 4 rings (SSSR count). The molecule has 1 atom stereocenters. The molecule has 1 amide bonds. The van der Waals surface area contributed by atoms with Gasteiger partial charge in [-0.05, 0) is 42.9 Å². The van der Waals surface area contributed by atoms with E-state index in [1.807, 2.05) is 24.3 Å². The van der Waals surface area contributed by atoms with E-state index in [-0.39, 0.29) is 13.0 Å². The Morgan fingerprint density at radius 3 is 2.97 bits per heavy atom. The highest BCUT2D eigenvalue weighted by Gasteiger charge is 2.24. The van der Waals surface area contributed by atoms with E-state index in [4.69, 9.17) is 4.74 Å². The normalized spacial score (nSPS) is 15.4. The first kappa shape index (κ1) is 20.5. The van der Waals surface area contributed by atoms with Crippen LogP contribution >= 0.6 is 22.7 Å². The van der Waals surface area contributed by atoms with E-state index in [0.29, 0.717) is 22.9 Å². The van der Waals surface area contributed by atoms with E-state index in [1.54, 1.807) is 11.3 Å². The van der Waals surface area contributed by atoms with E-state index in [2.05, 4.69) is 23.3 Å². The molecule has 1 N–H and O–H groups in total. The molecule has 3 aromatic rings. The number of fused-ring (bicyclic) bond motifs is 2. The Balaban J connectivity index is 1.28. The first-order chi connectivity index (χ1) is 14.5. The van der Waals surface area contributed by atoms with Gasteiger partial charge in [-0.1, -0.05) is 19.1 Å². The van der Waals surface area contributed by atoms with Gasteiger partial charge in [0.2, 0.25) is 0 Å². The fourth-order valence-electron chi connectivity index (χ4n) is 3.57. The van der Waals surface area contributed by atoms with Crippen LogP contribution in [-0.2, 0) is 33.6 Å². The average Bonchev–Trinajstić information content (AvgIpc) is 3.30. The van der Waals surface area contributed by atoms with Gasteiger partial charge in [-0.25, -0.2) is 4.98 Å². The minimum absolute atomic E-state index is 0.168. The van der Waals surface area contributed by atoms with Crippen molar-refractivity contribution in [1.82, 2.24) is 4.98 Å². The molecule has 0 saturated heterocycles. The van der Waals surface area contributed by atoms with Crippen LogP contribution in [0.2, 0.25) is 0 Å². The molecule has 1 aromatic carbocycles. The Bertz CT molecular complexity index is 1110.